The summed E-state index contributed by atoms with van der Waals surface area (Å²) in [5.74, 6) is 0.496. The summed E-state index contributed by atoms with van der Waals surface area (Å²) in [4.78, 5) is 24.6. The van der Waals surface area contributed by atoms with Gasteiger partial charge < -0.3 is 4.98 Å². The van der Waals surface area contributed by atoms with Gasteiger partial charge in [0.05, 0.1) is 6.21 Å². The van der Waals surface area contributed by atoms with Crippen LogP contribution in [0.15, 0.2) is 65.0 Å². The topological polar surface area (TPSA) is 83.0 Å². The lowest BCUT2D eigenvalue weighted by Gasteiger charge is -2.05. The summed E-state index contributed by atoms with van der Waals surface area (Å²) >= 11 is 1.58. The third kappa shape index (κ3) is 5.06. The van der Waals surface area contributed by atoms with Gasteiger partial charge in [0.15, 0.2) is 5.16 Å². The molecule has 0 atom stereocenters. The maximum Gasteiger partial charge on any atom is 0.271 e. The van der Waals surface area contributed by atoms with Crippen molar-refractivity contribution in [3.8, 4) is 0 Å². The van der Waals surface area contributed by atoms with Crippen molar-refractivity contribution in [3.63, 3.8) is 0 Å². The number of amides is 1. The lowest BCUT2D eigenvalue weighted by Crippen LogP contribution is -2.17. The number of nitrogens with one attached hydrogen (secondary N) is 2. The van der Waals surface area contributed by atoms with Gasteiger partial charge in [-0.3, -0.25) is 4.79 Å². The second-order valence-corrected chi connectivity index (χ2v) is 8.50. The Morgan fingerprint density at radius 2 is 1.88 bits per heavy atom. The van der Waals surface area contributed by atoms with Gasteiger partial charge in [0.2, 0.25) is 0 Å². The molecule has 0 radical (unpaired) electrons. The van der Waals surface area contributed by atoms with Gasteiger partial charge in [0, 0.05) is 45.4 Å². The summed E-state index contributed by atoms with van der Waals surface area (Å²) in [5, 5.41) is 6.01. The van der Waals surface area contributed by atoms with Gasteiger partial charge in [0.1, 0.15) is 0 Å². The van der Waals surface area contributed by atoms with Gasteiger partial charge in [0.25, 0.3) is 5.91 Å². The zero-order chi connectivity index (χ0) is 22.5. The molecule has 0 aliphatic rings. The Hall–Kier alpha value is -3.45. The molecule has 32 heavy (non-hydrogen) atoms. The number of carbonyl (C=O) groups is 1. The molecule has 2 N–H and O–H groups in total. The van der Waals surface area contributed by atoms with E-state index in [1.54, 1.807) is 18.0 Å². The molecule has 162 valence electrons. The van der Waals surface area contributed by atoms with Gasteiger partial charge >= 0.3 is 0 Å². The number of fused-ring (bicyclic) bond motifs is 1. The van der Waals surface area contributed by atoms with E-state index in [2.05, 4.69) is 38.5 Å². The fourth-order valence-electron chi connectivity index (χ4n) is 3.52. The number of aromatic amines is 1. The maximum absolute atomic E-state index is 12.4. The van der Waals surface area contributed by atoms with Crippen molar-refractivity contribution in [2.75, 3.05) is 0 Å². The predicted octanol–water partition coefficient (Wildman–Crippen LogP) is 5.19. The Morgan fingerprint density at radius 1 is 1.12 bits per heavy atom. The van der Waals surface area contributed by atoms with E-state index in [-0.39, 0.29) is 5.91 Å². The number of hydrogen-bond donors (Lipinski definition) is 2. The fourth-order valence-corrected chi connectivity index (χ4v) is 4.43. The fraction of sp³-hybridized carbons (Fsp3) is 0.200. The highest BCUT2D eigenvalue weighted by molar-refractivity contribution is 7.98. The van der Waals surface area contributed by atoms with Crippen LogP contribution >= 0.6 is 11.8 Å². The lowest BCUT2D eigenvalue weighted by molar-refractivity contribution is 0.0955. The van der Waals surface area contributed by atoms with E-state index < -0.39 is 0 Å². The highest BCUT2D eigenvalue weighted by atomic mass is 32.2. The van der Waals surface area contributed by atoms with Gasteiger partial charge in [-0.1, -0.05) is 49.0 Å². The number of H-pyrrole nitrogens is 1. The molecular formula is C25H25N5OS. The number of aromatic nitrogens is 3. The first-order chi connectivity index (χ1) is 15.5. The molecule has 4 aromatic rings. The zero-order valence-corrected chi connectivity index (χ0v) is 19.2. The van der Waals surface area contributed by atoms with Crippen molar-refractivity contribution in [2.45, 2.75) is 38.1 Å². The van der Waals surface area contributed by atoms with E-state index in [4.69, 9.17) is 0 Å². The van der Waals surface area contributed by atoms with E-state index in [0.29, 0.717) is 5.56 Å². The van der Waals surface area contributed by atoms with E-state index in [9.17, 15) is 4.79 Å². The number of hydrazone groups is 1. The summed E-state index contributed by atoms with van der Waals surface area (Å²) in [6.07, 6.45) is 4.54. The minimum absolute atomic E-state index is 0.243. The van der Waals surface area contributed by atoms with E-state index >= 15 is 0 Å². The van der Waals surface area contributed by atoms with Crippen LogP contribution in [-0.2, 0) is 12.2 Å². The molecule has 4 rings (SSSR count). The van der Waals surface area contributed by atoms with Crippen molar-refractivity contribution in [3.05, 3.63) is 88.4 Å². The molecule has 0 aliphatic heterocycles. The standard InChI is InChI=1S/C25H25N5OS/c1-4-19-6-5-7-22-21(13-26-23(19)22)14-27-30-24(31)20-10-8-18(9-11-20)15-32-25-28-16(2)12-17(3)29-25/h5-14,26H,4,15H2,1-3H3,(H,30,31)/b27-14+. The molecule has 0 saturated heterocycles. The average Bonchev–Trinajstić information content (AvgIpc) is 3.20. The molecule has 0 fully saturated rings. The lowest BCUT2D eigenvalue weighted by atomic mass is 10.1. The number of para-hydroxylation sites is 1. The number of carbonyl (C=O) groups excluding carboxylic acids is 1. The van der Waals surface area contributed by atoms with Crippen LogP contribution in [0.1, 0.15) is 45.4 Å². The van der Waals surface area contributed by atoms with Crippen molar-refractivity contribution >= 4 is 34.8 Å². The first kappa shape index (κ1) is 21.8. The second kappa shape index (κ2) is 9.78. The van der Waals surface area contributed by atoms with E-state index in [1.165, 1.54) is 5.56 Å². The molecule has 0 bridgehead atoms. The van der Waals surface area contributed by atoms with E-state index in [0.717, 1.165) is 50.7 Å². The van der Waals surface area contributed by atoms with Crippen LogP contribution in [0, 0.1) is 13.8 Å². The van der Waals surface area contributed by atoms with Crippen LogP contribution in [0.4, 0.5) is 0 Å². The van der Waals surface area contributed by atoms with Crippen LogP contribution in [0.3, 0.4) is 0 Å². The molecule has 1 amide bonds. The molecule has 2 aromatic carbocycles. The first-order valence-electron chi connectivity index (χ1n) is 10.5. The molecule has 6 nitrogen and oxygen atoms in total. The Kier molecular flexibility index (Phi) is 6.66. The third-order valence-electron chi connectivity index (χ3n) is 5.13. The van der Waals surface area contributed by atoms with Crippen LogP contribution < -0.4 is 5.43 Å². The third-order valence-corrected chi connectivity index (χ3v) is 6.05. The summed E-state index contributed by atoms with van der Waals surface area (Å²) in [5.41, 5.74) is 9.51. The second-order valence-electron chi connectivity index (χ2n) is 7.56. The molecule has 2 heterocycles. The smallest absolute Gasteiger partial charge is 0.271 e. The number of benzene rings is 2. The molecule has 2 aromatic heterocycles. The first-order valence-corrected chi connectivity index (χ1v) is 11.5. The maximum atomic E-state index is 12.4. The van der Waals surface area contributed by atoms with Gasteiger partial charge in [-0.25, -0.2) is 15.4 Å². The predicted molar refractivity (Wildman–Crippen MR) is 130 cm³/mol. The Bertz CT molecular complexity index is 1260. The highest BCUT2D eigenvalue weighted by Gasteiger charge is 2.07. The number of hydrogen-bond acceptors (Lipinski definition) is 5. The van der Waals surface area contributed by atoms with Crippen molar-refractivity contribution in [2.24, 2.45) is 5.10 Å². The summed E-state index contributed by atoms with van der Waals surface area (Å²) < 4.78 is 0. The number of rotatable bonds is 7. The Morgan fingerprint density at radius 3 is 2.59 bits per heavy atom. The van der Waals surface area contributed by atoms with Crippen LogP contribution in [0.2, 0.25) is 0 Å². The number of aryl methyl sites for hydroxylation is 3. The van der Waals surface area contributed by atoms with Crippen LogP contribution in [0.25, 0.3) is 10.9 Å². The molecule has 0 saturated carbocycles. The van der Waals surface area contributed by atoms with Crippen molar-refractivity contribution < 1.29 is 4.79 Å². The van der Waals surface area contributed by atoms with Gasteiger partial charge in [-0.2, -0.15) is 5.10 Å². The average molecular weight is 444 g/mol. The highest BCUT2D eigenvalue weighted by Crippen LogP contribution is 2.21. The Labute approximate surface area is 191 Å². The van der Waals surface area contributed by atoms with E-state index in [1.807, 2.05) is 62.5 Å². The normalized spacial score (nSPS) is 11.3. The minimum atomic E-state index is -0.243. The number of nitrogens with zero attached hydrogens (tertiary/aromatic N) is 3. The van der Waals surface area contributed by atoms with Crippen LogP contribution in [0.5, 0.6) is 0 Å². The summed E-state index contributed by atoms with van der Waals surface area (Å²) in [7, 11) is 0. The van der Waals surface area contributed by atoms with Crippen LogP contribution in [-0.4, -0.2) is 27.1 Å². The zero-order valence-electron chi connectivity index (χ0n) is 18.3. The molecule has 7 heteroatoms. The molecule has 0 unspecified atom stereocenters. The SMILES string of the molecule is CCc1cccc2c(/C=N/NC(=O)c3ccc(CSc4nc(C)cc(C)n4)cc3)c[nH]c12. The van der Waals surface area contributed by atoms with Gasteiger partial charge in [-0.15, -0.1) is 0 Å². The van der Waals surface area contributed by atoms with Crippen molar-refractivity contribution in [1.29, 1.82) is 0 Å². The largest absolute Gasteiger partial charge is 0.360 e. The molecular weight excluding hydrogens is 418 g/mol. The Balaban J connectivity index is 1.36. The molecule has 0 spiro atoms. The summed E-state index contributed by atoms with van der Waals surface area (Å²) in [6, 6.07) is 15.7. The monoisotopic (exact) mass is 443 g/mol. The minimum Gasteiger partial charge on any atom is -0.360 e. The van der Waals surface area contributed by atoms with Gasteiger partial charge in [-0.05, 0) is 49.6 Å². The van der Waals surface area contributed by atoms with Crippen molar-refractivity contribution in [1.82, 2.24) is 20.4 Å². The molecule has 0 aliphatic carbocycles. The quantitative estimate of drug-likeness (QED) is 0.178. The summed E-state index contributed by atoms with van der Waals surface area (Å²) in [6.45, 7) is 6.07. The number of thioether (sulfide) groups is 1.